The highest BCUT2D eigenvalue weighted by Gasteiger charge is 2.65. The summed E-state index contributed by atoms with van der Waals surface area (Å²) in [4.78, 5) is 26.1. The van der Waals surface area contributed by atoms with Gasteiger partial charge in [0, 0.05) is 50.3 Å². The zero-order valence-electron chi connectivity index (χ0n) is 32.8. The predicted molar refractivity (Wildman–Crippen MR) is 213 cm³/mol. The SMILES string of the molecule is C=CCOC12Oc3ccc(OCc4cccc(C)n4)cc3C3C(CCCCO)C(CCCCO)C=C(C(=NOC4CCCCO4)CC1N(C)C(=O)OCCCl)C32. The quantitative estimate of drug-likeness (QED) is 0.0638. The van der Waals surface area contributed by atoms with Crippen molar-refractivity contribution in [3.8, 4) is 11.5 Å². The lowest BCUT2D eigenvalue weighted by Crippen LogP contribution is -2.69. The first kappa shape index (κ1) is 41.9. The van der Waals surface area contributed by atoms with E-state index in [1.54, 1.807) is 18.0 Å². The Balaban J connectivity index is 1.52. The minimum Gasteiger partial charge on any atom is -0.487 e. The number of pyridine rings is 1. The number of ether oxygens (including phenoxy) is 5. The number of oxime groups is 1. The van der Waals surface area contributed by atoms with Gasteiger partial charge in [-0.15, -0.1) is 18.2 Å². The number of fused-ring (bicyclic) bond motifs is 2. The second kappa shape index (κ2) is 20.1. The number of unbranched alkanes of at least 4 members (excludes halogenated alkanes) is 2. The molecule has 7 atom stereocenters. The number of aryl methyl sites for hydroxylation is 1. The topological polar surface area (TPSA) is 141 Å². The molecular weight excluding hydrogens is 738 g/mol. The number of carbonyl (C=O) groups is 1. The Labute approximate surface area is 335 Å². The fourth-order valence-electron chi connectivity index (χ4n) is 8.93. The number of rotatable bonds is 19. The third-order valence-electron chi connectivity index (χ3n) is 11.5. The van der Waals surface area contributed by atoms with Gasteiger partial charge in [-0.25, -0.2) is 4.79 Å². The van der Waals surface area contributed by atoms with E-state index in [4.69, 9.17) is 45.3 Å². The molecule has 4 aliphatic rings. The summed E-state index contributed by atoms with van der Waals surface area (Å²) in [6.07, 6.45) is 10.6. The number of carbonyl (C=O) groups excluding carboxylic acids is 1. The highest BCUT2D eigenvalue weighted by molar-refractivity contribution is 6.18. The zero-order valence-corrected chi connectivity index (χ0v) is 33.5. The van der Waals surface area contributed by atoms with E-state index >= 15 is 0 Å². The van der Waals surface area contributed by atoms with Gasteiger partial charge in [-0.05, 0) is 93.2 Å². The number of aliphatic hydroxyl groups is 2. The Kier molecular flexibility index (Phi) is 15.1. The number of hydrogen-bond acceptors (Lipinski definition) is 11. The monoisotopic (exact) mass is 795 g/mol. The molecule has 3 heterocycles. The van der Waals surface area contributed by atoms with Crippen LogP contribution in [-0.4, -0.2) is 96.0 Å². The summed E-state index contributed by atoms with van der Waals surface area (Å²) in [6, 6.07) is 11.1. The van der Waals surface area contributed by atoms with Crippen LogP contribution < -0.4 is 9.47 Å². The molecule has 1 amide bonds. The summed E-state index contributed by atoms with van der Waals surface area (Å²) in [5, 5.41) is 24.6. The Bertz CT molecular complexity index is 1680. The molecule has 12 nitrogen and oxygen atoms in total. The van der Waals surface area contributed by atoms with Crippen LogP contribution in [0, 0.1) is 24.7 Å². The molecule has 2 aliphatic carbocycles. The number of alkyl halides is 1. The van der Waals surface area contributed by atoms with Crippen molar-refractivity contribution in [2.24, 2.45) is 22.9 Å². The molecular formula is C43H58ClN3O9. The van der Waals surface area contributed by atoms with Gasteiger partial charge < -0.3 is 43.6 Å². The number of amides is 1. The molecule has 1 saturated carbocycles. The first-order valence-corrected chi connectivity index (χ1v) is 20.7. The molecule has 13 heteroatoms. The Morgan fingerprint density at radius 3 is 2.70 bits per heavy atom. The van der Waals surface area contributed by atoms with Crippen LogP contribution in [0.4, 0.5) is 4.79 Å². The Morgan fingerprint density at radius 2 is 1.96 bits per heavy atom. The van der Waals surface area contributed by atoms with Crippen LogP contribution in [0.25, 0.3) is 0 Å². The molecule has 2 aromatic rings. The van der Waals surface area contributed by atoms with Crippen molar-refractivity contribution in [1.29, 1.82) is 0 Å². The lowest BCUT2D eigenvalue weighted by atomic mass is 9.55. The molecule has 7 unspecified atom stereocenters. The first-order chi connectivity index (χ1) is 27.3. The highest BCUT2D eigenvalue weighted by Crippen LogP contribution is 2.61. The second-order valence-electron chi connectivity index (χ2n) is 15.1. The summed E-state index contributed by atoms with van der Waals surface area (Å²) in [5.74, 6) is -0.374. The number of likely N-dealkylation sites (N-methyl/N-ethyl adjacent to an activating group) is 1. The number of aliphatic hydroxyl groups excluding tert-OH is 2. The van der Waals surface area contributed by atoms with Crippen LogP contribution in [0.1, 0.15) is 87.1 Å². The van der Waals surface area contributed by atoms with Crippen LogP contribution in [-0.2, 0) is 25.7 Å². The number of nitrogens with zero attached hydrogens (tertiary/aromatic N) is 3. The average molecular weight is 796 g/mol. The van der Waals surface area contributed by atoms with Crippen LogP contribution >= 0.6 is 11.6 Å². The maximum absolute atomic E-state index is 13.7. The number of benzene rings is 1. The Hall–Kier alpha value is -3.68. The van der Waals surface area contributed by atoms with Gasteiger partial charge in [-0.2, -0.15) is 0 Å². The van der Waals surface area contributed by atoms with Crippen LogP contribution in [0.5, 0.6) is 11.5 Å². The lowest BCUT2D eigenvalue weighted by molar-refractivity contribution is -0.254. The maximum Gasteiger partial charge on any atom is 0.410 e. The number of allylic oxidation sites excluding steroid dienone is 1. The largest absolute Gasteiger partial charge is 0.487 e. The summed E-state index contributed by atoms with van der Waals surface area (Å²) < 4.78 is 32.0. The van der Waals surface area contributed by atoms with E-state index in [9.17, 15) is 15.0 Å². The molecule has 1 saturated heterocycles. The molecule has 1 aromatic heterocycles. The van der Waals surface area contributed by atoms with Gasteiger partial charge >= 0.3 is 6.09 Å². The summed E-state index contributed by atoms with van der Waals surface area (Å²) in [6.45, 7) is 7.27. The predicted octanol–water partition coefficient (Wildman–Crippen LogP) is 7.44. The normalized spacial score (nSPS) is 27.3. The molecule has 2 N–H and O–H groups in total. The molecule has 306 valence electrons. The van der Waals surface area contributed by atoms with E-state index in [0.29, 0.717) is 43.3 Å². The van der Waals surface area contributed by atoms with Gasteiger partial charge in [0.1, 0.15) is 30.8 Å². The standard InChI is InChI=1S/C43H58ClN3O9/c1-4-22-54-43-38(47(3)42(50)52-24-19-44)27-36(46-56-39-16-7-10-23-51-39)34-25-30(13-5-8-20-48)33(15-6-9-21-49)40(41(34)43)35-26-32(17-18-37(35)55-43)53-28-31-14-11-12-29(2)45-31/h4,11-12,14,17-18,25-26,30,33,38-41,48-49H,1,5-10,13,15-16,19-24,27-28H2,2-3H3. The van der Waals surface area contributed by atoms with Crippen LogP contribution in [0.3, 0.4) is 0 Å². The average Bonchev–Trinajstić information content (AvgIpc) is 3.21. The molecule has 0 spiro atoms. The zero-order chi connectivity index (χ0) is 39.5. The van der Waals surface area contributed by atoms with Crippen LogP contribution in [0.15, 0.2) is 65.9 Å². The fourth-order valence-corrected chi connectivity index (χ4v) is 9.00. The smallest absolute Gasteiger partial charge is 0.410 e. The van der Waals surface area contributed by atoms with E-state index < -0.39 is 30.1 Å². The van der Waals surface area contributed by atoms with Crippen LogP contribution in [0.2, 0.25) is 0 Å². The minimum absolute atomic E-state index is 0.0469. The number of aromatic nitrogens is 1. The van der Waals surface area contributed by atoms with Crippen molar-refractivity contribution >= 4 is 23.4 Å². The lowest BCUT2D eigenvalue weighted by Gasteiger charge is -2.59. The summed E-state index contributed by atoms with van der Waals surface area (Å²) >= 11 is 5.95. The molecule has 56 heavy (non-hydrogen) atoms. The van der Waals surface area contributed by atoms with Crippen molar-refractivity contribution in [1.82, 2.24) is 9.88 Å². The second-order valence-corrected chi connectivity index (χ2v) is 15.5. The van der Waals surface area contributed by atoms with Gasteiger partial charge in [0.05, 0.1) is 36.4 Å². The van der Waals surface area contributed by atoms with Crippen molar-refractivity contribution in [2.75, 3.05) is 46.0 Å². The third kappa shape index (κ3) is 9.53. The van der Waals surface area contributed by atoms with E-state index in [2.05, 4.69) is 23.7 Å². The number of halogens is 1. The van der Waals surface area contributed by atoms with Crippen molar-refractivity contribution in [3.63, 3.8) is 0 Å². The summed E-state index contributed by atoms with van der Waals surface area (Å²) in [7, 11) is 1.70. The van der Waals surface area contributed by atoms with Crippen molar-refractivity contribution in [2.45, 2.75) is 102 Å². The van der Waals surface area contributed by atoms with E-state index in [1.807, 2.05) is 37.3 Å². The summed E-state index contributed by atoms with van der Waals surface area (Å²) in [5.41, 5.74) is 4.35. The van der Waals surface area contributed by atoms with Gasteiger partial charge in [-0.3, -0.25) is 4.98 Å². The van der Waals surface area contributed by atoms with E-state index in [1.165, 1.54) is 0 Å². The maximum atomic E-state index is 13.7. The molecule has 0 bridgehead atoms. The van der Waals surface area contributed by atoms with Gasteiger partial charge in [0.25, 0.3) is 0 Å². The molecule has 2 fully saturated rings. The van der Waals surface area contributed by atoms with E-state index in [0.717, 1.165) is 67.5 Å². The number of hydrogen-bond donors (Lipinski definition) is 2. The van der Waals surface area contributed by atoms with Gasteiger partial charge in [0.15, 0.2) is 0 Å². The minimum atomic E-state index is -1.38. The Morgan fingerprint density at radius 1 is 1.14 bits per heavy atom. The van der Waals surface area contributed by atoms with Crippen molar-refractivity contribution < 1.29 is 43.5 Å². The molecule has 2 aliphatic heterocycles. The highest BCUT2D eigenvalue weighted by atomic mass is 35.5. The molecule has 0 radical (unpaired) electrons. The fraction of sp³-hybridized carbons (Fsp3) is 0.605. The van der Waals surface area contributed by atoms with E-state index in [-0.39, 0.29) is 56.5 Å². The first-order valence-electron chi connectivity index (χ1n) is 20.2. The van der Waals surface area contributed by atoms with Gasteiger partial charge in [-0.1, -0.05) is 36.2 Å². The van der Waals surface area contributed by atoms with Crippen molar-refractivity contribution in [3.05, 3.63) is 77.7 Å². The molecule has 6 rings (SSSR count). The van der Waals surface area contributed by atoms with Gasteiger partial charge in [0.2, 0.25) is 12.1 Å². The third-order valence-corrected chi connectivity index (χ3v) is 11.6. The molecule has 1 aromatic carbocycles.